The third kappa shape index (κ3) is 4.09. The van der Waals surface area contributed by atoms with Gasteiger partial charge in [0.1, 0.15) is 16.5 Å². The maximum Gasteiger partial charge on any atom is 0.365 e. The molecule has 0 aliphatic heterocycles. The van der Waals surface area contributed by atoms with Gasteiger partial charge in [-0.05, 0) is 0 Å². The third-order valence-electron chi connectivity index (χ3n) is 1.64. The standard InChI is InChI=1S/C6H18BBr2NSi2/c1-11(2,3)10(7(8)9)12(4,5)6/h1-6H3. The maximum absolute atomic E-state index is 3.62. The van der Waals surface area contributed by atoms with Gasteiger partial charge >= 0.3 is 4.50 Å². The maximum atomic E-state index is 3.62. The molecule has 6 heteroatoms. The first-order valence-electron chi connectivity index (χ1n) is 4.14. The van der Waals surface area contributed by atoms with Crippen LogP contribution >= 0.6 is 31.5 Å². The van der Waals surface area contributed by atoms with Crippen molar-refractivity contribution in [3.8, 4) is 0 Å². The Bertz CT molecular complexity index is 139. The minimum atomic E-state index is -1.18. The molecule has 0 saturated carbocycles. The summed E-state index contributed by atoms with van der Waals surface area (Å²) in [5.74, 6) is 0. The summed E-state index contributed by atoms with van der Waals surface area (Å²) in [4.78, 5) is 0. The highest BCUT2D eigenvalue weighted by atomic mass is 79.9. The van der Waals surface area contributed by atoms with Crippen molar-refractivity contribution in [3.05, 3.63) is 0 Å². The molecule has 0 saturated heterocycles. The van der Waals surface area contributed by atoms with Crippen LogP contribution < -0.4 is 0 Å². The second-order valence-electron chi connectivity index (χ2n) is 4.99. The second-order valence-corrected chi connectivity index (χ2v) is 18.0. The van der Waals surface area contributed by atoms with E-state index < -0.39 is 16.5 Å². The summed E-state index contributed by atoms with van der Waals surface area (Å²) in [6.45, 7) is 14.3. The molecule has 1 nitrogen and oxygen atoms in total. The molecule has 12 heavy (non-hydrogen) atoms. The Labute approximate surface area is 95.5 Å². The van der Waals surface area contributed by atoms with Crippen molar-refractivity contribution in [2.75, 3.05) is 0 Å². The lowest BCUT2D eigenvalue weighted by molar-refractivity contribution is 0.966. The zero-order valence-electron chi connectivity index (χ0n) is 8.78. The van der Waals surface area contributed by atoms with Gasteiger partial charge in [0.05, 0.1) is 0 Å². The van der Waals surface area contributed by atoms with E-state index >= 15 is 0 Å². The zero-order valence-corrected chi connectivity index (χ0v) is 14.0. The lowest BCUT2D eigenvalue weighted by Crippen LogP contribution is -2.62. The minimum absolute atomic E-state index is 0.350. The first-order chi connectivity index (χ1) is 5.07. The van der Waals surface area contributed by atoms with Gasteiger partial charge in [0.25, 0.3) is 0 Å². The summed E-state index contributed by atoms with van der Waals surface area (Å²) in [5, 5.41) is 0. The van der Waals surface area contributed by atoms with E-state index in [2.05, 4.69) is 74.9 Å². The lowest BCUT2D eigenvalue weighted by atomic mass is 10.5. The lowest BCUT2D eigenvalue weighted by Gasteiger charge is -2.44. The molecule has 0 N–H and O–H groups in total. The van der Waals surface area contributed by atoms with Gasteiger partial charge < -0.3 is 4.14 Å². The van der Waals surface area contributed by atoms with Crippen LogP contribution in [0.4, 0.5) is 0 Å². The van der Waals surface area contributed by atoms with Crippen molar-refractivity contribution >= 4 is 52.5 Å². The number of nitrogens with zero attached hydrogens (tertiary/aromatic N) is 1. The average molecular weight is 331 g/mol. The molecule has 0 aromatic heterocycles. The molecule has 0 aromatic carbocycles. The SMILES string of the molecule is C[Si](C)(C)N(B(Br)Br)[Si](C)(C)C. The van der Waals surface area contributed by atoms with Gasteiger partial charge in [-0.2, -0.15) is 0 Å². The Kier molecular flexibility index (Phi) is 4.80. The van der Waals surface area contributed by atoms with Gasteiger partial charge in [0.15, 0.2) is 0 Å². The topological polar surface area (TPSA) is 3.24 Å². The van der Waals surface area contributed by atoms with Crippen LogP contribution in [0.3, 0.4) is 0 Å². The van der Waals surface area contributed by atoms with Gasteiger partial charge in [-0.3, -0.25) is 0 Å². The van der Waals surface area contributed by atoms with E-state index in [9.17, 15) is 0 Å². The molecule has 0 fully saturated rings. The van der Waals surface area contributed by atoms with Gasteiger partial charge in [0, 0.05) is 0 Å². The van der Waals surface area contributed by atoms with Crippen molar-refractivity contribution in [2.24, 2.45) is 0 Å². The number of hydrogen-bond acceptors (Lipinski definition) is 1. The van der Waals surface area contributed by atoms with Crippen LogP contribution in [0.25, 0.3) is 0 Å². The molecular formula is C6H18BBr2NSi2. The fraction of sp³-hybridized carbons (Fsp3) is 1.00. The molecule has 0 aliphatic carbocycles. The Balaban J connectivity index is 4.70. The Morgan fingerprint density at radius 1 is 0.833 bits per heavy atom. The van der Waals surface area contributed by atoms with Gasteiger partial charge in [0.2, 0.25) is 0 Å². The van der Waals surface area contributed by atoms with Gasteiger partial charge in [-0.1, -0.05) is 39.3 Å². The monoisotopic (exact) mass is 329 g/mol. The van der Waals surface area contributed by atoms with E-state index in [1.54, 1.807) is 0 Å². The van der Waals surface area contributed by atoms with Crippen LogP contribution in [0, 0.1) is 0 Å². The van der Waals surface area contributed by atoms with Crippen molar-refractivity contribution in [3.63, 3.8) is 0 Å². The fourth-order valence-electron chi connectivity index (χ4n) is 1.59. The number of hydrogen-bond donors (Lipinski definition) is 0. The van der Waals surface area contributed by atoms with E-state index in [0.717, 1.165) is 0 Å². The molecule has 0 aliphatic rings. The minimum Gasteiger partial charge on any atom is -0.368 e. The largest absolute Gasteiger partial charge is 0.368 e. The van der Waals surface area contributed by atoms with Crippen molar-refractivity contribution in [1.29, 1.82) is 0 Å². The highest BCUT2D eigenvalue weighted by Crippen LogP contribution is 2.26. The number of rotatable bonds is 3. The fourth-order valence-corrected chi connectivity index (χ4v) is 18.2. The van der Waals surface area contributed by atoms with Gasteiger partial charge in [-0.25, -0.2) is 0 Å². The van der Waals surface area contributed by atoms with Crippen molar-refractivity contribution in [2.45, 2.75) is 39.3 Å². The summed E-state index contributed by atoms with van der Waals surface area (Å²) >= 11 is 7.25. The van der Waals surface area contributed by atoms with Crippen LogP contribution in [-0.4, -0.2) is 25.1 Å². The Morgan fingerprint density at radius 2 is 1.08 bits per heavy atom. The highest BCUT2D eigenvalue weighted by Gasteiger charge is 2.38. The van der Waals surface area contributed by atoms with Crippen molar-refractivity contribution < 1.29 is 0 Å². The molecular weight excluding hydrogens is 313 g/mol. The quantitative estimate of drug-likeness (QED) is 0.713. The van der Waals surface area contributed by atoms with Crippen LogP contribution in [0.15, 0.2) is 0 Å². The van der Waals surface area contributed by atoms with Crippen LogP contribution in [0.1, 0.15) is 0 Å². The molecule has 0 heterocycles. The van der Waals surface area contributed by atoms with Crippen molar-refractivity contribution in [1.82, 2.24) is 4.14 Å². The molecule has 0 spiro atoms. The molecule has 0 bridgehead atoms. The molecule has 0 aromatic rings. The normalized spacial score (nSPS) is 13.8. The predicted molar refractivity (Wildman–Crippen MR) is 72.1 cm³/mol. The Morgan fingerprint density at radius 3 is 1.08 bits per heavy atom. The Hall–Kier alpha value is 1.42. The summed E-state index contributed by atoms with van der Waals surface area (Å²) in [5.41, 5.74) is 0. The highest BCUT2D eigenvalue weighted by molar-refractivity contribution is 9.49. The molecule has 0 atom stereocenters. The van der Waals surface area contributed by atoms with Crippen LogP contribution in [0.5, 0.6) is 0 Å². The molecule has 0 rings (SSSR count). The van der Waals surface area contributed by atoms with Crippen LogP contribution in [-0.2, 0) is 0 Å². The first-order valence-corrected chi connectivity index (χ1v) is 12.9. The predicted octanol–water partition coefficient (Wildman–Crippen LogP) is 3.73. The molecule has 0 unspecified atom stereocenters. The summed E-state index contributed by atoms with van der Waals surface area (Å²) in [6, 6.07) is 0. The van der Waals surface area contributed by atoms with E-state index in [1.165, 1.54) is 0 Å². The van der Waals surface area contributed by atoms with Crippen LogP contribution in [0.2, 0.25) is 39.3 Å². The third-order valence-corrected chi connectivity index (χ3v) is 11.4. The smallest absolute Gasteiger partial charge is 0.365 e. The van der Waals surface area contributed by atoms with E-state index in [4.69, 9.17) is 0 Å². The average Bonchev–Trinajstić information content (AvgIpc) is 1.49. The molecule has 0 radical (unpaired) electrons. The van der Waals surface area contributed by atoms with E-state index in [0.29, 0.717) is 4.50 Å². The molecule has 0 amide bonds. The van der Waals surface area contributed by atoms with E-state index in [1.807, 2.05) is 0 Å². The zero-order chi connectivity index (χ0) is 10.2. The summed E-state index contributed by atoms with van der Waals surface area (Å²) < 4.78 is 3.00. The first kappa shape index (κ1) is 13.4. The van der Waals surface area contributed by atoms with E-state index in [-0.39, 0.29) is 0 Å². The summed E-state index contributed by atoms with van der Waals surface area (Å²) in [6.07, 6.45) is 0. The second kappa shape index (κ2) is 4.29. The molecule has 72 valence electrons. The van der Waals surface area contributed by atoms with Gasteiger partial charge in [-0.15, -0.1) is 31.5 Å². The number of halogens is 2. The summed E-state index contributed by atoms with van der Waals surface area (Å²) in [7, 11) is -2.37.